The number of pyridine rings is 1. The Kier molecular flexibility index (Phi) is 4.81. The van der Waals surface area contributed by atoms with Crippen LogP contribution in [-0.4, -0.2) is 34.0 Å². The predicted octanol–water partition coefficient (Wildman–Crippen LogP) is -0.547. The van der Waals surface area contributed by atoms with Crippen LogP contribution in [0, 0.1) is 0 Å². The summed E-state index contributed by atoms with van der Waals surface area (Å²) in [6, 6.07) is 1.31. The standard InChI is InChI=1S/C11H14N4O4/c1-6(9(12)16)15-11(19)14-5-8-4-7(10(17)18)2-3-13-8/h2-4,6H,5H2,1H3,(H2,12,16)(H,17,18)(H2,14,15,19). The Balaban J connectivity index is 2.53. The second kappa shape index (κ2) is 6.34. The molecule has 8 nitrogen and oxygen atoms in total. The molecule has 19 heavy (non-hydrogen) atoms. The lowest BCUT2D eigenvalue weighted by Crippen LogP contribution is -2.46. The fraction of sp³-hybridized carbons (Fsp3) is 0.273. The van der Waals surface area contributed by atoms with Crippen LogP contribution in [0.2, 0.25) is 0 Å². The summed E-state index contributed by atoms with van der Waals surface area (Å²) in [6.45, 7) is 1.49. The van der Waals surface area contributed by atoms with E-state index in [2.05, 4.69) is 15.6 Å². The highest BCUT2D eigenvalue weighted by Gasteiger charge is 2.12. The summed E-state index contributed by atoms with van der Waals surface area (Å²) >= 11 is 0. The molecular weight excluding hydrogens is 252 g/mol. The lowest BCUT2D eigenvalue weighted by molar-refractivity contribution is -0.119. The van der Waals surface area contributed by atoms with E-state index in [-0.39, 0.29) is 12.1 Å². The van der Waals surface area contributed by atoms with E-state index in [1.807, 2.05) is 0 Å². The van der Waals surface area contributed by atoms with Crippen LogP contribution in [0.25, 0.3) is 0 Å². The van der Waals surface area contributed by atoms with Gasteiger partial charge < -0.3 is 21.5 Å². The molecule has 0 aliphatic carbocycles. The van der Waals surface area contributed by atoms with Crippen molar-refractivity contribution in [1.29, 1.82) is 0 Å². The largest absolute Gasteiger partial charge is 0.478 e. The van der Waals surface area contributed by atoms with Crippen LogP contribution >= 0.6 is 0 Å². The molecule has 8 heteroatoms. The number of aromatic nitrogens is 1. The summed E-state index contributed by atoms with van der Waals surface area (Å²) in [5.41, 5.74) is 5.46. The zero-order chi connectivity index (χ0) is 14.4. The lowest BCUT2D eigenvalue weighted by Gasteiger charge is -2.11. The molecule has 0 saturated heterocycles. The van der Waals surface area contributed by atoms with Crippen LogP contribution in [0.5, 0.6) is 0 Å². The molecule has 0 aromatic carbocycles. The summed E-state index contributed by atoms with van der Waals surface area (Å²) in [5, 5.41) is 13.5. The van der Waals surface area contributed by atoms with Crippen molar-refractivity contribution in [3.63, 3.8) is 0 Å². The zero-order valence-corrected chi connectivity index (χ0v) is 10.2. The van der Waals surface area contributed by atoms with Crippen LogP contribution in [0.4, 0.5) is 4.79 Å². The molecule has 0 aliphatic rings. The maximum Gasteiger partial charge on any atom is 0.335 e. The second-order valence-electron chi connectivity index (χ2n) is 3.79. The van der Waals surface area contributed by atoms with Gasteiger partial charge in [-0.2, -0.15) is 0 Å². The van der Waals surface area contributed by atoms with Gasteiger partial charge in [0.15, 0.2) is 0 Å². The van der Waals surface area contributed by atoms with Gasteiger partial charge in [-0.1, -0.05) is 0 Å². The number of primary amides is 1. The normalized spacial score (nSPS) is 11.4. The van der Waals surface area contributed by atoms with Crippen molar-refractivity contribution in [2.75, 3.05) is 0 Å². The highest BCUT2D eigenvalue weighted by molar-refractivity contribution is 5.87. The SMILES string of the molecule is CC(NC(=O)NCc1cc(C(=O)O)ccn1)C(N)=O. The van der Waals surface area contributed by atoms with Crippen LogP contribution in [0.1, 0.15) is 23.0 Å². The molecule has 0 bridgehead atoms. The van der Waals surface area contributed by atoms with E-state index < -0.39 is 23.9 Å². The van der Waals surface area contributed by atoms with E-state index in [0.717, 1.165) is 0 Å². The number of rotatable bonds is 5. The lowest BCUT2D eigenvalue weighted by atomic mass is 10.2. The molecule has 0 radical (unpaired) electrons. The van der Waals surface area contributed by atoms with E-state index in [0.29, 0.717) is 5.69 Å². The van der Waals surface area contributed by atoms with Gasteiger partial charge in [0.05, 0.1) is 17.8 Å². The number of hydrogen-bond acceptors (Lipinski definition) is 4. The Bertz CT molecular complexity index is 503. The molecule has 1 heterocycles. The molecule has 1 aromatic rings. The Morgan fingerprint density at radius 1 is 1.47 bits per heavy atom. The third kappa shape index (κ3) is 4.62. The Morgan fingerprint density at radius 3 is 2.74 bits per heavy atom. The molecule has 102 valence electrons. The minimum absolute atomic E-state index is 0.0401. The Morgan fingerprint density at radius 2 is 2.16 bits per heavy atom. The average molecular weight is 266 g/mol. The third-order valence-corrected chi connectivity index (χ3v) is 2.27. The fourth-order valence-electron chi connectivity index (χ4n) is 1.20. The highest BCUT2D eigenvalue weighted by atomic mass is 16.4. The minimum Gasteiger partial charge on any atom is -0.478 e. The van der Waals surface area contributed by atoms with Gasteiger partial charge in [-0.05, 0) is 19.1 Å². The van der Waals surface area contributed by atoms with E-state index in [1.54, 1.807) is 0 Å². The van der Waals surface area contributed by atoms with Crippen molar-refractivity contribution < 1.29 is 19.5 Å². The van der Waals surface area contributed by atoms with Gasteiger partial charge >= 0.3 is 12.0 Å². The number of carboxylic acids is 1. The first-order valence-electron chi connectivity index (χ1n) is 5.42. The maximum absolute atomic E-state index is 11.4. The fourth-order valence-corrected chi connectivity index (χ4v) is 1.20. The number of carboxylic acid groups (broad SMARTS) is 1. The van der Waals surface area contributed by atoms with Gasteiger partial charge in [-0.3, -0.25) is 9.78 Å². The molecule has 3 amide bonds. The number of nitrogens with zero attached hydrogens (tertiary/aromatic N) is 1. The van der Waals surface area contributed by atoms with Gasteiger partial charge in [-0.15, -0.1) is 0 Å². The summed E-state index contributed by atoms with van der Waals surface area (Å²) in [5.74, 6) is -1.73. The molecule has 1 unspecified atom stereocenters. The number of hydrogen-bond donors (Lipinski definition) is 4. The molecule has 1 rings (SSSR count). The van der Waals surface area contributed by atoms with E-state index in [9.17, 15) is 14.4 Å². The number of amides is 3. The molecule has 1 atom stereocenters. The number of nitrogens with two attached hydrogens (primary N) is 1. The number of nitrogens with one attached hydrogen (secondary N) is 2. The monoisotopic (exact) mass is 266 g/mol. The van der Waals surface area contributed by atoms with E-state index in [1.165, 1.54) is 25.3 Å². The van der Waals surface area contributed by atoms with Gasteiger partial charge in [0.2, 0.25) is 5.91 Å². The number of aromatic carboxylic acids is 1. The number of urea groups is 1. The van der Waals surface area contributed by atoms with Gasteiger partial charge in [-0.25, -0.2) is 9.59 Å². The highest BCUT2D eigenvalue weighted by Crippen LogP contribution is 2.01. The first-order valence-corrected chi connectivity index (χ1v) is 5.42. The average Bonchev–Trinajstić information content (AvgIpc) is 2.36. The van der Waals surface area contributed by atoms with Crippen molar-refractivity contribution in [3.8, 4) is 0 Å². The molecule has 0 fully saturated rings. The van der Waals surface area contributed by atoms with Gasteiger partial charge in [0.1, 0.15) is 6.04 Å². The smallest absolute Gasteiger partial charge is 0.335 e. The summed E-state index contributed by atoms with van der Waals surface area (Å²) in [4.78, 5) is 36.8. The summed E-state index contributed by atoms with van der Waals surface area (Å²) in [7, 11) is 0. The van der Waals surface area contributed by atoms with Crippen molar-refractivity contribution in [3.05, 3.63) is 29.6 Å². The minimum atomic E-state index is -1.07. The van der Waals surface area contributed by atoms with Gasteiger partial charge in [0.25, 0.3) is 0 Å². The zero-order valence-electron chi connectivity index (χ0n) is 10.2. The van der Waals surface area contributed by atoms with Crippen molar-refractivity contribution in [2.24, 2.45) is 5.73 Å². The van der Waals surface area contributed by atoms with Crippen molar-refractivity contribution in [1.82, 2.24) is 15.6 Å². The summed E-state index contributed by atoms with van der Waals surface area (Å²) < 4.78 is 0. The molecule has 5 N–H and O–H groups in total. The van der Waals surface area contributed by atoms with Gasteiger partial charge in [0, 0.05) is 6.20 Å². The molecule has 0 aliphatic heterocycles. The summed E-state index contributed by atoms with van der Waals surface area (Å²) in [6.07, 6.45) is 1.34. The van der Waals surface area contributed by atoms with Crippen molar-refractivity contribution in [2.45, 2.75) is 19.5 Å². The molecule has 0 saturated carbocycles. The Hall–Kier alpha value is -2.64. The van der Waals surface area contributed by atoms with Crippen LogP contribution in [-0.2, 0) is 11.3 Å². The number of carbonyl (C=O) groups excluding carboxylic acids is 2. The quantitative estimate of drug-likeness (QED) is 0.567. The topological polar surface area (TPSA) is 134 Å². The maximum atomic E-state index is 11.4. The Labute approximate surface area is 109 Å². The van der Waals surface area contributed by atoms with E-state index in [4.69, 9.17) is 10.8 Å². The predicted molar refractivity (Wildman–Crippen MR) is 65.2 cm³/mol. The van der Waals surface area contributed by atoms with E-state index >= 15 is 0 Å². The van der Waals surface area contributed by atoms with Crippen LogP contribution in [0.15, 0.2) is 18.3 Å². The molecule has 0 spiro atoms. The first-order chi connectivity index (χ1) is 8.90. The molecule has 1 aromatic heterocycles. The van der Waals surface area contributed by atoms with Crippen molar-refractivity contribution >= 4 is 17.9 Å². The van der Waals surface area contributed by atoms with Crippen LogP contribution in [0.3, 0.4) is 0 Å². The first kappa shape index (κ1) is 14.4. The second-order valence-corrected chi connectivity index (χ2v) is 3.79. The number of carbonyl (C=O) groups is 3. The third-order valence-electron chi connectivity index (χ3n) is 2.27. The van der Waals surface area contributed by atoms with Crippen LogP contribution < -0.4 is 16.4 Å². The molecular formula is C11H14N4O4.